The van der Waals surface area contributed by atoms with Gasteiger partial charge in [-0.05, 0) is 34.7 Å². The average molecular weight is 260 g/mol. The van der Waals surface area contributed by atoms with Gasteiger partial charge in [0.1, 0.15) is 0 Å². The Hall–Kier alpha value is -1.95. The standard InChI is InChI=1S/C13H20N6/c1-10(2)14-9-13-15-16-17-19(13)12-7-5-11(6-8-12)18(3)4/h5-8,10,14H,9H2,1-4H3. The third-order valence-corrected chi connectivity index (χ3v) is 2.81. The van der Waals surface area contributed by atoms with Crippen LogP contribution in [0.25, 0.3) is 5.69 Å². The van der Waals surface area contributed by atoms with Crippen molar-refractivity contribution in [2.45, 2.75) is 26.4 Å². The van der Waals surface area contributed by atoms with E-state index in [9.17, 15) is 0 Å². The predicted molar refractivity (Wildman–Crippen MR) is 75.5 cm³/mol. The Balaban J connectivity index is 2.19. The number of nitrogens with one attached hydrogen (secondary N) is 1. The summed E-state index contributed by atoms with van der Waals surface area (Å²) in [7, 11) is 4.04. The van der Waals surface area contributed by atoms with Crippen LogP contribution in [0.2, 0.25) is 0 Å². The Kier molecular flexibility index (Phi) is 4.11. The van der Waals surface area contributed by atoms with E-state index in [0.29, 0.717) is 12.6 Å². The molecule has 2 aromatic rings. The van der Waals surface area contributed by atoms with Crippen LogP contribution in [0.1, 0.15) is 19.7 Å². The Bertz CT molecular complexity index is 514. The summed E-state index contributed by atoms with van der Waals surface area (Å²) in [6.45, 7) is 4.85. The molecule has 0 spiro atoms. The molecule has 0 radical (unpaired) electrons. The summed E-state index contributed by atoms with van der Waals surface area (Å²) in [4.78, 5) is 2.06. The maximum atomic E-state index is 4.05. The van der Waals surface area contributed by atoms with Crippen molar-refractivity contribution in [3.05, 3.63) is 30.1 Å². The third-order valence-electron chi connectivity index (χ3n) is 2.81. The van der Waals surface area contributed by atoms with E-state index in [2.05, 4.69) is 51.7 Å². The van der Waals surface area contributed by atoms with Crippen LogP contribution < -0.4 is 10.2 Å². The number of tetrazole rings is 1. The summed E-state index contributed by atoms with van der Waals surface area (Å²) >= 11 is 0. The van der Waals surface area contributed by atoms with Crippen molar-refractivity contribution in [2.75, 3.05) is 19.0 Å². The maximum absolute atomic E-state index is 4.05. The summed E-state index contributed by atoms with van der Waals surface area (Å²) in [6, 6.07) is 8.55. The second-order valence-corrected chi connectivity index (χ2v) is 4.95. The summed E-state index contributed by atoms with van der Waals surface area (Å²) in [6.07, 6.45) is 0. The minimum atomic E-state index is 0.404. The first-order valence-electron chi connectivity index (χ1n) is 6.36. The number of hydrogen-bond donors (Lipinski definition) is 1. The zero-order valence-corrected chi connectivity index (χ0v) is 11.8. The molecule has 0 aliphatic rings. The van der Waals surface area contributed by atoms with E-state index in [-0.39, 0.29) is 0 Å². The van der Waals surface area contributed by atoms with Crippen molar-refractivity contribution in [3.63, 3.8) is 0 Å². The van der Waals surface area contributed by atoms with Gasteiger partial charge in [0.25, 0.3) is 0 Å². The van der Waals surface area contributed by atoms with Gasteiger partial charge in [0, 0.05) is 25.8 Å². The van der Waals surface area contributed by atoms with E-state index >= 15 is 0 Å². The van der Waals surface area contributed by atoms with Crippen LogP contribution in [-0.2, 0) is 6.54 Å². The summed E-state index contributed by atoms with van der Waals surface area (Å²) in [5.74, 6) is 0.811. The van der Waals surface area contributed by atoms with Gasteiger partial charge in [-0.1, -0.05) is 13.8 Å². The predicted octanol–water partition coefficient (Wildman–Crippen LogP) is 1.23. The lowest BCUT2D eigenvalue weighted by molar-refractivity contribution is 0.563. The molecule has 0 bridgehead atoms. The molecule has 102 valence electrons. The number of hydrogen-bond acceptors (Lipinski definition) is 5. The quantitative estimate of drug-likeness (QED) is 0.876. The highest BCUT2D eigenvalue weighted by molar-refractivity contribution is 5.49. The minimum Gasteiger partial charge on any atom is -0.378 e. The zero-order valence-electron chi connectivity index (χ0n) is 11.8. The molecule has 0 aliphatic heterocycles. The third kappa shape index (κ3) is 3.29. The van der Waals surface area contributed by atoms with Crippen LogP contribution in [0, 0.1) is 0 Å². The Morgan fingerprint density at radius 3 is 2.47 bits per heavy atom. The molecule has 0 atom stereocenters. The minimum absolute atomic E-state index is 0.404. The molecule has 6 nitrogen and oxygen atoms in total. The molecule has 0 amide bonds. The van der Waals surface area contributed by atoms with Gasteiger partial charge in [-0.3, -0.25) is 0 Å². The van der Waals surface area contributed by atoms with E-state index in [1.54, 1.807) is 4.68 Å². The molecule has 0 fully saturated rings. The Morgan fingerprint density at radius 1 is 1.21 bits per heavy atom. The molecule has 19 heavy (non-hydrogen) atoms. The Labute approximate surface area is 113 Å². The van der Waals surface area contributed by atoms with Crippen molar-refractivity contribution in [1.29, 1.82) is 0 Å². The van der Waals surface area contributed by atoms with Crippen molar-refractivity contribution >= 4 is 5.69 Å². The fraction of sp³-hybridized carbons (Fsp3) is 0.462. The van der Waals surface area contributed by atoms with Crippen LogP contribution in [0.4, 0.5) is 5.69 Å². The molecule has 0 unspecified atom stereocenters. The van der Waals surface area contributed by atoms with Crippen LogP contribution in [-0.4, -0.2) is 40.3 Å². The lowest BCUT2D eigenvalue weighted by Gasteiger charge is -2.13. The highest BCUT2D eigenvalue weighted by Gasteiger charge is 2.08. The molecular formula is C13H20N6. The Morgan fingerprint density at radius 2 is 1.89 bits per heavy atom. The molecule has 1 N–H and O–H groups in total. The monoisotopic (exact) mass is 260 g/mol. The van der Waals surface area contributed by atoms with Crippen molar-refractivity contribution in [1.82, 2.24) is 25.5 Å². The molecule has 1 aromatic carbocycles. The second kappa shape index (κ2) is 5.79. The molecule has 0 saturated carbocycles. The van der Waals surface area contributed by atoms with Gasteiger partial charge in [0.05, 0.1) is 12.2 Å². The fourth-order valence-corrected chi connectivity index (χ4v) is 1.70. The first kappa shape index (κ1) is 13.5. The van der Waals surface area contributed by atoms with Crippen molar-refractivity contribution in [2.24, 2.45) is 0 Å². The van der Waals surface area contributed by atoms with Crippen LogP contribution in [0.5, 0.6) is 0 Å². The summed E-state index contributed by atoms with van der Waals surface area (Å²) in [5.41, 5.74) is 2.12. The number of aromatic nitrogens is 4. The van der Waals surface area contributed by atoms with Gasteiger partial charge in [-0.15, -0.1) is 5.10 Å². The first-order valence-corrected chi connectivity index (χ1v) is 6.36. The highest BCUT2D eigenvalue weighted by atomic mass is 15.5. The van der Waals surface area contributed by atoms with Crippen LogP contribution >= 0.6 is 0 Å². The lowest BCUT2D eigenvalue weighted by atomic mass is 10.2. The smallest absolute Gasteiger partial charge is 0.170 e. The summed E-state index contributed by atoms with van der Waals surface area (Å²) in [5, 5.41) is 15.2. The van der Waals surface area contributed by atoms with Crippen molar-refractivity contribution in [3.8, 4) is 5.69 Å². The number of anilines is 1. The largest absolute Gasteiger partial charge is 0.378 e. The van der Waals surface area contributed by atoms with Gasteiger partial charge in [-0.25, -0.2) is 0 Å². The number of nitrogens with zero attached hydrogens (tertiary/aromatic N) is 5. The molecule has 2 rings (SSSR count). The molecule has 0 aliphatic carbocycles. The SMILES string of the molecule is CC(C)NCc1nnnn1-c1ccc(N(C)C)cc1. The summed E-state index contributed by atoms with van der Waals surface area (Å²) < 4.78 is 1.76. The van der Waals surface area contributed by atoms with Gasteiger partial charge in [0.2, 0.25) is 0 Å². The van der Waals surface area contributed by atoms with E-state index < -0.39 is 0 Å². The van der Waals surface area contributed by atoms with Crippen LogP contribution in [0.3, 0.4) is 0 Å². The van der Waals surface area contributed by atoms with E-state index in [1.807, 2.05) is 26.2 Å². The first-order chi connectivity index (χ1) is 9.08. The van der Waals surface area contributed by atoms with Gasteiger partial charge < -0.3 is 10.2 Å². The average Bonchev–Trinajstić information content (AvgIpc) is 2.84. The molecular weight excluding hydrogens is 240 g/mol. The molecule has 0 saturated heterocycles. The van der Waals surface area contributed by atoms with E-state index in [1.165, 1.54) is 0 Å². The van der Waals surface area contributed by atoms with Crippen LogP contribution in [0.15, 0.2) is 24.3 Å². The van der Waals surface area contributed by atoms with Gasteiger partial charge in [0.15, 0.2) is 5.82 Å². The highest BCUT2D eigenvalue weighted by Crippen LogP contribution is 2.15. The molecule has 1 aromatic heterocycles. The van der Waals surface area contributed by atoms with Crippen molar-refractivity contribution < 1.29 is 0 Å². The van der Waals surface area contributed by atoms with E-state index in [4.69, 9.17) is 0 Å². The number of rotatable bonds is 5. The molecule has 1 heterocycles. The topological polar surface area (TPSA) is 58.9 Å². The van der Waals surface area contributed by atoms with E-state index in [0.717, 1.165) is 17.2 Å². The normalized spacial score (nSPS) is 11.0. The number of benzene rings is 1. The van der Waals surface area contributed by atoms with Gasteiger partial charge >= 0.3 is 0 Å². The maximum Gasteiger partial charge on any atom is 0.170 e. The van der Waals surface area contributed by atoms with Gasteiger partial charge in [-0.2, -0.15) is 4.68 Å². The zero-order chi connectivity index (χ0) is 13.8. The second-order valence-electron chi connectivity index (χ2n) is 4.95. The lowest BCUT2D eigenvalue weighted by Crippen LogP contribution is -2.24. The molecule has 6 heteroatoms. The fourth-order valence-electron chi connectivity index (χ4n) is 1.70.